The third-order valence-corrected chi connectivity index (χ3v) is 4.43. The summed E-state index contributed by atoms with van der Waals surface area (Å²) in [5.41, 5.74) is 5.51. The highest BCUT2D eigenvalue weighted by Gasteiger charge is 2.02. The van der Waals surface area contributed by atoms with Crippen molar-refractivity contribution >= 4 is 11.9 Å². The molecule has 4 N–H and O–H groups in total. The Bertz CT molecular complexity index is 333. The molecule has 1 amide bonds. The van der Waals surface area contributed by atoms with Gasteiger partial charge < -0.3 is 16.2 Å². The molecule has 0 radical (unpaired) electrons. The van der Waals surface area contributed by atoms with Gasteiger partial charge in [0.15, 0.2) is 0 Å². The first-order valence-corrected chi connectivity index (χ1v) is 10.3. The third-order valence-electron chi connectivity index (χ3n) is 4.43. The second-order valence-corrected chi connectivity index (χ2v) is 7.20. The number of amides is 1. The lowest BCUT2D eigenvalue weighted by Gasteiger charge is -2.07. The molecule has 0 aliphatic rings. The Balaban J connectivity index is 3.09. The van der Waals surface area contributed by atoms with Gasteiger partial charge in [-0.25, -0.2) is 0 Å². The minimum absolute atomic E-state index is 0.0666. The molecule has 5 heteroatoms. The van der Waals surface area contributed by atoms with E-state index in [1.807, 2.05) is 0 Å². The van der Waals surface area contributed by atoms with Crippen LogP contribution >= 0.6 is 0 Å². The van der Waals surface area contributed by atoms with Gasteiger partial charge in [0.25, 0.3) is 0 Å². The van der Waals surface area contributed by atoms with Crippen molar-refractivity contribution in [3.63, 3.8) is 0 Å². The largest absolute Gasteiger partial charge is 0.481 e. The normalized spacial score (nSPS) is 12.1. The van der Waals surface area contributed by atoms with Gasteiger partial charge in [-0.05, 0) is 19.8 Å². The van der Waals surface area contributed by atoms with Crippen LogP contribution in [-0.4, -0.2) is 23.1 Å². The third kappa shape index (κ3) is 20.9. The predicted molar refractivity (Wildman–Crippen MR) is 103 cm³/mol. The van der Waals surface area contributed by atoms with Crippen LogP contribution in [0, 0.1) is 0 Å². The number of nitrogens with two attached hydrogens (primary N) is 1. The Kier molecular flexibility index (Phi) is 16.9. The number of rotatable bonds is 18. The second-order valence-electron chi connectivity index (χ2n) is 7.20. The highest BCUT2D eigenvalue weighted by atomic mass is 16.4. The van der Waals surface area contributed by atoms with Crippen LogP contribution in [0.3, 0.4) is 0 Å². The molecule has 0 bridgehead atoms. The van der Waals surface area contributed by atoms with Crippen LogP contribution in [0.15, 0.2) is 0 Å². The average molecular weight is 357 g/mol. The number of hydrogen-bond donors (Lipinski definition) is 3. The van der Waals surface area contributed by atoms with Crippen molar-refractivity contribution in [2.75, 3.05) is 0 Å². The molecular formula is C20H40N2O3. The van der Waals surface area contributed by atoms with Gasteiger partial charge in [-0.15, -0.1) is 0 Å². The van der Waals surface area contributed by atoms with E-state index in [-0.39, 0.29) is 12.1 Å². The Morgan fingerprint density at radius 2 is 1.04 bits per heavy atom. The van der Waals surface area contributed by atoms with Crippen molar-refractivity contribution in [3.05, 3.63) is 0 Å². The van der Waals surface area contributed by atoms with Gasteiger partial charge in [0.2, 0.25) is 5.91 Å². The van der Waals surface area contributed by atoms with E-state index in [4.69, 9.17) is 10.8 Å². The average Bonchev–Trinajstić information content (AvgIpc) is 2.53. The Hall–Kier alpha value is -1.10. The summed E-state index contributed by atoms with van der Waals surface area (Å²) in [6.07, 6.45) is 17.5. The molecular weight excluding hydrogens is 316 g/mol. The number of aliphatic carboxylic acids is 1. The summed E-state index contributed by atoms with van der Waals surface area (Å²) < 4.78 is 0. The summed E-state index contributed by atoms with van der Waals surface area (Å²) in [6, 6.07) is 0. The number of nitrogens with one attached hydrogen (secondary N) is 1. The number of hydrogen-bond acceptors (Lipinski definition) is 3. The Morgan fingerprint density at radius 1 is 0.720 bits per heavy atom. The van der Waals surface area contributed by atoms with E-state index in [1.54, 1.807) is 6.92 Å². The van der Waals surface area contributed by atoms with E-state index in [9.17, 15) is 9.59 Å². The fourth-order valence-electron chi connectivity index (χ4n) is 3.01. The van der Waals surface area contributed by atoms with Crippen LogP contribution in [0.1, 0.15) is 110 Å². The van der Waals surface area contributed by atoms with Crippen molar-refractivity contribution < 1.29 is 14.7 Å². The van der Waals surface area contributed by atoms with E-state index in [1.165, 1.54) is 64.2 Å². The minimum atomic E-state index is -0.674. The first-order chi connectivity index (χ1) is 12.0. The van der Waals surface area contributed by atoms with Crippen molar-refractivity contribution in [1.82, 2.24) is 5.32 Å². The van der Waals surface area contributed by atoms with Gasteiger partial charge in [0.05, 0.1) is 6.17 Å². The molecule has 0 aromatic rings. The molecule has 0 rings (SSSR count). The number of carbonyl (C=O) groups excluding carboxylic acids is 1. The number of unbranched alkanes of at least 4 members (excludes halogenated alkanes) is 13. The maximum Gasteiger partial charge on any atom is 0.303 e. The molecule has 0 saturated carbocycles. The lowest BCUT2D eigenvalue weighted by atomic mass is 10.0. The summed E-state index contributed by atoms with van der Waals surface area (Å²) in [5, 5.41) is 11.3. The Labute approximate surface area is 154 Å². The number of carboxylic acids is 1. The summed E-state index contributed by atoms with van der Waals surface area (Å²) in [4.78, 5) is 21.8. The summed E-state index contributed by atoms with van der Waals surface area (Å²) in [6.45, 7) is 1.78. The summed E-state index contributed by atoms with van der Waals surface area (Å²) >= 11 is 0. The zero-order valence-electron chi connectivity index (χ0n) is 16.2. The predicted octanol–water partition coefficient (Wildman–Crippen LogP) is 4.73. The highest BCUT2D eigenvalue weighted by Crippen LogP contribution is 2.13. The zero-order valence-corrected chi connectivity index (χ0v) is 16.2. The van der Waals surface area contributed by atoms with Gasteiger partial charge in [-0.3, -0.25) is 9.59 Å². The summed E-state index contributed by atoms with van der Waals surface area (Å²) in [7, 11) is 0. The van der Waals surface area contributed by atoms with Crippen LogP contribution in [0.5, 0.6) is 0 Å². The highest BCUT2D eigenvalue weighted by molar-refractivity contribution is 5.76. The topological polar surface area (TPSA) is 92.4 Å². The van der Waals surface area contributed by atoms with Crippen LogP contribution in [0.25, 0.3) is 0 Å². The fourth-order valence-corrected chi connectivity index (χ4v) is 3.01. The molecule has 0 heterocycles. The second kappa shape index (κ2) is 17.7. The maximum absolute atomic E-state index is 11.4. The van der Waals surface area contributed by atoms with E-state index in [2.05, 4.69) is 5.32 Å². The molecule has 0 spiro atoms. The molecule has 0 saturated heterocycles. The van der Waals surface area contributed by atoms with Gasteiger partial charge in [-0.1, -0.05) is 77.0 Å². The summed E-state index contributed by atoms with van der Waals surface area (Å²) in [5.74, 6) is -0.608. The molecule has 148 valence electrons. The van der Waals surface area contributed by atoms with E-state index < -0.39 is 5.97 Å². The molecule has 0 aromatic carbocycles. The van der Waals surface area contributed by atoms with Gasteiger partial charge in [0, 0.05) is 12.8 Å². The lowest BCUT2D eigenvalue weighted by molar-refractivity contribution is -0.137. The van der Waals surface area contributed by atoms with Crippen LogP contribution in [0.2, 0.25) is 0 Å². The van der Waals surface area contributed by atoms with E-state index in [0.717, 1.165) is 25.7 Å². The van der Waals surface area contributed by atoms with Crippen molar-refractivity contribution in [2.24, 2.45) is 5.73 Å². The molecule has 1 unspecified atom stereocenters. The first-order valence-electron chi connectivity index (χ1n) is 10.3. The fraction of sp³-hybridized carbons (Fsp3) is 0.900. The Morgan fingerprint density at radius 3 is 1.36 bits per heavy atom. The minimum Gasteiger partial charge on any atom is -0.481 e. The SMILES string of the molecule is CC(N)NC(=O)CCCCCCCCCCCCCCCCC(=O)O. The quantitative estimate of drug-likeness (QED) is 0.244. The van der Waals surface area contributed by atoms with Crippen molar-refractivity contribution in [1.29, 1.82) is 0 Å². The maximum atomic E-state index is 11.4. The standard InChI is InChI=1S/C20H40N2O3/c1-18(21)22-19(23)16-14-12-10-8-6-4-2-3-5-7-9-11-13-15-17-20(24)25/h18H,2-17,21H2,1H3,(H,22,23)(H,24,25). The van der Waals surface area contributed by atoms with Crippen molar-refractivity contribution in [3.8, 4) is 0 Å². The monoisotopic (exact) mass is 356 g/mol. The molecule has 25 heavy (non-hydrogen) atoms. The number of carbonyl (C=O) groups is 2. The smallest absolute Gasteiger partial charge is 0.303 e. The van der Waals surface area contributed by atoms with Crippen LogP contribution in [-0.2, 0) is 9.59 Å². The number of carboxylic acid groups (broad SMARTS) is 1. The molecule has 0 fully saturated rings. The molecule has 5 nitrogen and oxygen atoms in total. The van der Waals surface area contributed by atoms with E-state index in [0.29, 0.717) is 12.8 Å². The van der Waals surface area contributed by atoms with Crippen molar-refractivity contribution in [2.45, 2.75) is 116 Å². The zero-order chi connectivity index (χ0) is 18.8. The lowest BCUT2D eigenvalue weighted by Crippen LogP contribution is -2.38. The van der Waals surface area contributed by atoms with E-state index >= 15 is 0 Å². The van der Waals surface area contributed by atoms with Gasteiger partial charge in [-0.2, -0.15) is 0 Å². The van der Waals surface area contributed by atoms with Crippen LogP contribution < -0.4 is 11.1 Å². The van der Waals surface area contributed by atoms with Gasteiger partial charge >= 0.3 is 5.97 Å². The van der Waals surface area contributed by atoms with Gasteiger partial charge in [0.1, 0.15) is 0 Å². The first kappa shape index (κ1) is 23.9. The molecule has 0 aromatic heterocycles. The molecule has 1 atom stereocenters. The molecule has 0 aliphatic heterocycles. The molecule has 0 aliphatic carbocycles. The van der Waals surface area contributed by atoms with Crippen LogP contribution in [0.4, 0.5) is 0 Å².